The lowest BCUT2D eigenvalue weighted by molar-refractivity contribution is -0.892. The van der Waals surface area contributed by atoms with E-state index < -0.39 is 17.7 Å². The molecule has 150 valence electrons. The van der Waals surface area contributed by atoms with E-state index >= 15 is 0 Å². The molecule has 1 atom stereocenters. The number of nitrogens with one attached hydrogen (secondary N) is 2. The van der Waals surface area contributed by atoms with Gasteiger partial charge in [-0.05, 0) is 37.6 Å². The average Bonchev–Trinajstić information content (AvgIpc) is 2.64. The van der Waals surface area contributed by atoms with E-state index in [2.05, 4.69) is 17.1 Å². The number of nitrogens with zero attached hydrogens (tertiary/aromatic N) is 1. The number of piperazine rings is 1. The highest BCUT2D eigenvalue weighted by atomic mass is 35.5. The van der Waals surface area contributed by atoms with E-state index in [1.807, 2.05) is 18.2 Å². The van der Waals surface area contributed by atoms with E-state index in [9.17, 15) is 13.6 Å². The van der Waals surface area contributed by atoms with Crippen LogP contribution in [0.25, 0.3) is 0 Å². The predicted molar refractivity (Wildman–Crippen MR) is 107 cm³/mol. The normalized spacial score (nSPS) is 16.1. The number of rotatable bonds is 5. The van der Waals surface area contributed by atoms with Crippen molar-refractivity contribution in [3.63, 3.8) is 0 Å². The summed E-state index contributed by atoms with van der Waals surface area (Å²) in [5.74, 6) is -1.42. The van der Waals surface area contributed by atoms with E-state index in [1.165, 1.54) is 22.6 Å². The van der Waals surface area contributed by atoms with Crippen LogP contribution in [-0.4, -0.2) is 38.6 Å². The quantitative estimate of drug-likeness (QED) is 0.797. The number of benzene rings is 2. The van der Waals surface area contributed by atoms with Crippen molar-refractivity contribution in [1.29, 1.82) is 0 Å². The first-order chi connectivity index (χ1) is 13.3. The third kappa shape index (κ3) is 5.00. The lowest BCUT2D eigenvalue weighted by Crippen LogP contribution is -3.16. The number of carbonyl (C=O) groups is 1. The van der Waals surface area contributed by atoms with E-state index in [1.54, 1.807) is 6.92 Å². The molecule has 2 N–H and O–H groups in total. The zero-order valence-electron chi connectivity index (χ0n) is 16.1. The molecule has 1 heterocycles. The lowest BCUT2D eigenvalue weighted by Gasteiger charge is -2.34. The average molecular weight is 409 g/mol. The van der Waals surface area contributed by atoms with Gasteiger partial charge in [-0.3, -0.25) is 4.79 Å². The summed E-state index contributed by atoms with van der Waals surface area (Å²) in [5.41, 5.74) is 2.60. The van der Waals surface area contributed by atoms with E-state index in [-0.39, 0.29) is 11.5 Å². The van der Waals surface area contributed by atoms with Gasteiger partial charge in [0.25, 0.3) is 5.91 Å². The molecule has 0 saturated carbocycles. The highest BCUT2D eigenvalue weighted by molar-refractivity contribution is 6.30. The molecule has 1 amide bonds. The molecule has 7 heteroatoms. The van der Waals surface area contributed by atoms with Gasteiger partial charge in [-0.25, -0.2) is 8.78 Å². The number of anilines is 1. The Labute approximate surface area is 169 Å². The van der Waals surface area contributed by atoms with Crippen LogP contribution in [0.4, 0.5) is 14.5 Å². The second kappa shape index (κ2) is 8.88. The summed E-state index contributed by atoms with van der Waals surface area (Å²) in [4.78, 5) is 15.8. The maximum absolute atomic E-state index is 13.9. The molecule has 0 spiro atoms. The first-order valence-corrected chi connectivity index (χ1v) is 9.80. The summed E-state index contributed by atoms with van der Waals surface area (Å²) in [5, 5.41) is 3.53. The van der Waals surface area contributed by atoms with Crippen molar-refractivity contribution < 1.29 is 18.5 Å². The highest BCUT2D eigenvalue weighted by Gasteiger charge is 2.24. The van der Waals surface area contributed by atoms with Gasteiger partial charge in [0, 0.05) is 22.3 Å². The van der Waals surface area contributed by atoms with Gasteiger partial charge in [0.2, 0.25) is 0 Å². The number of aryl methyl sites for hydroxylation is 1. The number of halogens is 3. The Balaban J connectivity index is 1.51. The molecule has 1 aliphatic heterocycles. The van der Waals surface area contributed by atoms with Crippen molar-refractivity contribution in [2.75, 3.05) is 37.6 Å². The zero-order chi connectivity index (χ0) is 20.3. The second-order valence-corrected chi connectivity index (χ2v) is 7.74. The molecular weight excluding hydrogens is 384 g/mol. The largest absolute Gasteiger partial charge is 0.360 e. The topological polar surface area (TPSA) is 36.8 Å². The van der Waals surface area contributed by atoms with E-state index in [0.29, 0.717) is 6.54 Å². The van der Waals surface area contributed by atoms with Crippen molar-refractivity contribution in [3.8, 4) is 0 Å². The predicted octanol–water partition coefficient (Wildman–Crippen LogP) is 2.51. The van der Waals surface area contributed by atoms with Crippen LogP contribution in [0, 0.1) is 18.6 Å². The van der Waals surface area contributed by atoms with Crippen LogP contribution in [0.5, 0.6) is 0 Å². The Morgan fingerprint density at radius 3 is 2.61 bits per heavy atom. The van der Waals surface area contributed by atoms with Gasteiger partial charge in [0.15, 0.2) is 6.54 Å². The van der Waals surface area contributed by atoms with Crippen LogP contribution in [-0.2, 0) is 4.79 Å². The minimum Gasteiger partial charge on any atom is -0.360 e. The molecule has 3 rings (SSSR count). The number of hydrogen-bond donors (Lipinski definition) is 2. The van der Waals surface area contributed by atoms with Gasteiger partial charge in [-0.1, -0.05) is 23.7 Å². The Hall–Kier alpha value is -2.18. The standard InChI is InChI=1S/C21H24ClF2N3O/c1-14-3-4-16(22)11-20(14)27-9-7-26(8-10-27)13-21(28)25-15(2)18-6-5-17(23)12-19(18)24/h3-6,11-12,15H,7-10,13H2,1-2H3,(H,25,28)/p+1/t15-/m1/s1. The fraction of sp³-hybridized carbons (Fsp3) is 0.381. The Bertz CT molecular complexity index is 854. The van der Waals surface area contributed by atoms with Gasteiger partial charge in [-0.15, -0.1) is 0 Å². The summed E-state index contributed by atoms with van der Waals surface area (Å²) in [7, 11) is 0. The van der Waals surface area contributed by atoms with Crippen LogP contribution < -0.4 is 15.1 Å². The molecule has 2 aromatic carbocycles. The second-order valence-electron chi connectivity index (χ2n) is 7.30. The molecule has 0 aliphatic carbocycles. The van der Waals surface area contributed by atoms with Crippen LogP contribution >= 0.6 is 11.6 Å². The summed E-state index contributed by atoms with van der Waals surface area (Å²) in [6.07, 6.45) is 0. The summed E-state index contributed by atoms with van der Waals surface area (Å²) >= 11 is 6.12. The Morgan fingerprint density at radius 2 is 1.93 bits per heavy atom. The highest BCUT2D eigenvalue weighted by Crippen LogP contribution is 2.24. The van der Waals surface area contributed by atoms with Gasteiger partial charge in [0.1, 0.15) is 11.6 Å². The molecule has 1 saturated heterocycles. The molecule has 0 aromatic heterocycles. The number of amides is 1. The van der Waals surface area contributed by atoms with Crippen molar-refractivity contribution in [2.45, 2.75) is 19.9 Å². The zero-order valence-corrected chi connectivity index (χ0v) is 16.8. The summed E-state index contributed by atoms with van der Waals surface area (Å²) in [6.45, 7) is 7.43. The van der Waals surface area contributed by atoms with Crippen LogP contribution in [0.3, 0.4) is 0 Å². The van der Waals surface area contributed by atoms with E-state index in [0.717, 1.165) is 43.0 Å². The number of carbonyl (C=O) groups excluding carboxylic acids is 1. The third-order valence-corrected chi connectivity index (χ3v) is 5.43. The number of quaternary nitrogens is 1. The van der Waals surface area contributed by atoms with Crippen molar-refractivity contribution in [2.24, 2.45) is 0 Å². The molecule has 1 fully saturated rings. The minimum absolute atomic E-state index is 0.140. The van der Waals surface area contributed by atoms with Crippen molar-refractivity contribution in [3.05, 3.63) is 64.2 Å². The number of hydrogen-bond acceptors (Lipinski definition) is 2. The molecule has 0 unspecified atom stereocenters. The molecule has 0 radical (unpaired) electrons. The van der Waals surface area contributed by atoms with Gasteiger partial charge >= 0.3 is 0 Å². The van der Waals surface area contributed by atoms with Crippen molar-refractivity contribution in [1.82, 2.24) is 5.32 Å². The first kappa shape index (κ1) is 20.6. The van der Waals surface area contributed by atoms with Crippen LogP contribution in [0.1, 0.15) is 24.1 Å². The van der Waals surface area contributed by atoms with Gasteiger partial charge in [-0.2, -0.15) is 0 Å². The first-order valence-electron chi connectivity index (χ1n) is 9.42. The fourth-order valence-corrected chi connectivity index (χ4v) is 3.78. The molecule has 4 nitrogen and oxygen atoms in total. The Morgan fingerprint density at radius 1 is 1.21 bits per heavy atom. The SMILES string of the molecule is Cc1ccc(Cl)cc1N1CC[NH+](CC(=O)N[C@H](C)c2ccc(F)cc2F)CC1. The summed E-state index contributed by atoms with van der Waals surface area (Å²) in [6, 6.07) is 8.77. The lowest BCUT2D eigenvalue weighted by atomic mass is 10.1. The third-order valence-electron chi connectivity index (χ3n) is 5.20. The van der Waals surface area contributed by atoms with Crippen molar-refractivity contribution >= 4 is 23.2 Å². The molecule has 2 aromatic rings. The molecule has 1 aliphatic rings. The van der Waals surface area contributed by atoms with Gasteiger partial charge in [0.05, 0.1) is 32.2 Å². The minimum atomic E-state index is -0.648. The summed E-state index contributed by atoms with van der Waals surface area (Å²) < 4.78 is 26.9. The van der Waals surface area contributed by atoms with Crippen LogP contribution in [0.2, 0.25) is 5.02 Å². The maximum Gasteiger partial charge on any atom is 0.275 e. The van der Waals surface area contributed by atoms with Crippen LogP contribution in [0.15, 0.2) is 36.4 Å². The fourth-order valence-electron chi connectivity index (χ4n) is 3.61. The maximum atomic E-state index is 13.9. The molecule has 0 bridgehead atoms. The monoisotopic (exact) mass is 408 g/mol. The Kier molecular flexibility index (Phi) is 6.52. The molecule has 28 heavy (non-hydrogen) atoms. The van der Waals surface area contributed by atoms with E-state index in [4.69, 9.17) is 11.6 Å². The smallest absolute Gasteiger partial charge is 0.275 e. The molecular formula is C21H25ClF2N3O+. The van der Waals surface area contributed by atoms with Gasteiger partial charge < -0.3 is 15.1 Å².